The van der Waals surface area contributed by atoms with E-state index in [4.69, 9.17) is 10.6 Å². The number of pyridine rings is 2. The van der Waals surface area contributed by atoms with Crippen molar-refractivity contribution in [3.8, 4) is 28.4 Å². The van der Waals surface area contributed by atoms with Crippen LogP contribution in [0.15, 0.2) is 42.7 Å². The highest BCUT2D eigenvalue weighted by molar-refractivity contribution is 5.91. The zero-order chi connectivity index (χ0) is 20.3. The number of halogens is 3. The van der Waals surface area contributed by atoms with Crippen molar-refractivity contribution in [1.29, 1.82) is 0 Å². The van der Waals surface area contributed by atoms with Gasteiger partial charge < -0.3 is 4.74 Å². The molecule has 144 valence electrons. The standard InChI is InChI=1S/C17H13F3N6O2/c1-28-14-6-9(4-5-22-14)11-7-12(25-15(24-11)16(27)26-21)10-2-3-13(23-8-10)17(18,19)20/h2-8H,21H2,1H3,(H,26,27). The predicted octanol–water partition coefficient (Wildman–Crippen LogP) is 2.23. The molecule has 0 saturated heterocycles. The van der Waals surface area contributed by atoms with Gasteiger partial charge in [-0.05, 0) is 24.3 Å². The van der Waals surface area contributed by atoms with Gasteiger partial charge in [0.2, 0.25) is 11.7 Å². The maximum absolute atomic E-state index is 12.7. The van der Waals surface area contributed by atoms with Crippen LogP contribution in [0.1, 0.15) is 16.3 Å². The van der Waals surface area contributed by atoms with Crippen LogP contribution >= 0.6 is 0 Å². The van der Waals surface area contributed by atoms with Crippen molar-refractivity contribution in [2.75, 3.05) is 7.11 Å². The first-order chi connectivity index (χ1) is 13.3. The molecule has 0 aromatic carbocycles. The van der Waals surface area contributed by atoms with E-state index < -0.39 is 17.8 Å². The van der Waals surface area contributed by atoms with Crippen molar-refractivity contribution >= 4 is 5.91 Å². The van der Waals surface area contributed by atoms with Crippen LogP contribution in [0.5, 0.6) is 5.88 Å². The third kappa shape index (κ3) is 4.04. The Bertz CT molecular complexity index is 1010. The number of alkyl halides is 3. The molecule has 0 unspecified atom stereocenters. The largest absolute Gasteiger partial charge is 0.481 e. The van der Waals surface area contributed by atoms with E-state index in [1.807, 2.05) is 5.43 Å². The maximum atomic E-state index is 12.7. The number of rotatable bonds is 4. The number of ether oxygens (including phenoxy) is 1. The fraction of sp³-hybridized carbons (Fsp3) is 0.118. The van der Waals surface area contributed by atoms with Gasteiger partial charge in [-0.1, -0.05) is 0 Å². The average molecular weight is 390 g/mol. The third-order valence-corrected chi connectivity index (χ3v) is 3.65. The molecule has 0 atom stereocenters. The summed E-state index contributed by atoms with van der Waals surface area (Å²) in [6, 6.07) is 6.76. The second kappa shape index (κ2) is 7.56. The summed E-state index contributed by atoms with van der Waals surface area (Å²) in [6.45, 7) is 0. The van der Waals surface area contributed by atoms with E-state index in [0.29, 0.717) is 17.1 Å². The van der Waals surface area contributed by atoms with Crippen LogP contribution in [-0.4, -0.2) is 33.0 Å². The van der Waals surface area contributed by atoms with Crippen LogP contribution in [0.4, 0.5) is 13.2 Å². The number of carbonyl (C=O) groups is 1. The number of nitrogens with one attached hydrogen (secondary N) is 1. The van der Waals surface area contributed by atoms with Crippen molar-refractivity contribution in [3.63, 3.8) is 0 Å². The second-order valence-corrected chi connectivity index (χ2v) is 5.45. The summed E-state index contributed by atoms with van der Waals surface area (Å²) in [7, 11) is 1.44. The molecule has 0 saturated carbocycles. The molecule has 3 N–H and O–H groups in total. The second-order valence-electron chi connectivity index (χ2n) is 5.45. The highest BCUT2D eigenvalue weighted by atomic mass is 19.4. The van der Waals surface area contributed by atoms with E-state index in [1.54, 1.807) is 12.1 Å². The minimum absolute atomic E-state index is 0.195. The summed E-state index contributed by atoms with van der Waals surface area (Å²) < 4.78 is 43.2. The van der Waals surface area contributed by atoms with Crippen LogP contribution in [0, 0.1) is 0 Å². The van der Waals surface area contributed by atoms with E-state index in [2.05, 4.69) is 19.9 Å². The Hall–Kier alpha value is -3.60. The number of nitrogens with two attached hydrogens (primary N) is 1. The summed E-state index contributed by atoms with van der Waals surface area (Å²) in [5, 5.41) is 0. The van der Waals surface area contributed by atoms with E-state index in [1.165, 1.54) is 25.4 Å². The molecule has 0 aliphatic rings. The first-order valence-electron chi connectivity index (χ1n) is 7.76. The number of hydrogen-bond donors (Lipinski definition) is 2. The molecular formula is C17H13F3N6O2. The molecule has 3 heterocycles. The van der Waals surface area contributed by atoms with Crippen LogP contribution in [-0.2, 0) is 6.18 Å². The lowest BCUT2D eigenvalue weighted by molar-refractivity contribution is -0.141. The summed E-state index contributed by atoms with van der Waals surface area (Å²) in [6.07, 6.45) is -2.06. The number of aromatic nitrogens is 4. The van der Waals surface area contributed by atoms with Gasteiger partial charge in [0.25, 0.3) is 0 Å². The SMILES string of the molecule is COc1cc(-c2cc(-c3ccc(C(F)(F)F)nc3)nc(C(=O)NN)n2)ccn1. The Morgan fingerprint density at radius 2 is 1.79 bits per heavy atom. The molecular weight excluding hydrogens is 377 g/mol. The minimum Gasteiger partial charge on any atom is -0.481 e. The number of hydrogen-bond acceptors (Lipinski definition) is 7. The number of nitrogen functional groups attached to an aromatic ring is 1. The van der Waals surface area contributed by atoms with Gasteiger partial charge in [0.1, 0.15) is 5.69 Å². The van der Waals surface area contributed by atoms with Gasteiger partial charge in [-0.2, -0.15) is 13.2 Å². The van der Waals surface area contributed by atoms with Gasteiger partial charge >= 0.3 is 12.1 Å². The zero-order valence-electron chi connectivity index (χ0n) is 14.4. The van der Waals surface area contributed by atoms with E-state index >= 15 is 0 Å². The molecule has 28 heavy (non-hydrogen) atoms. The van der Waals surface area contributed by atoms with Crippen molar-refractivity contribution in [2.45, 2.75) is 6.18 Å². The van der Waals surface area contributed by atoms with E-state index in [-0.39, 0.29) is 17.1 Å². The number of amides is 1. The Balaban J connectivity index is 2.11. The smallest absolute Gasteiger partial charge is 0.433 e. The molecule has 8 nitrogen and oxygen atoms in total. The topological polar surface area (TPSA) is 116 Å². The molecule has 3 aromatic heterocycles. The lowest BCUT2D eigenvalue weighted by Gasteiger charge is -2.10. The molecule has 0 radical (unpaired) electrons. The number of carbonyl (C=O) groups excluding carboxylic acids is 1. The van der Waals surface area contributed by atoms with Gasteiger partial charge in [-0.25, -0.2) is 20.8 Å². The van der Waals surface area contributed by atoms with Crippen molar-refractivity contribution in [3.05, 3.63) is 54.2 Å². The highest BCUT2D eigenvalue weighted by Crippen LogP contribution is 2.30. The molecule has 0 spiro atoms. The highest BCUT2D eigenvalue weighted by Gasteiger charge is 2.32. The molecule has 0 aliphatic carbocycles. The third-order valence-electron chi connectivity index (χ3n) is 3.65. The Kier molecular flexibility index (Phi) is 5.18. The summed E-state index contributed by atoms with van der Waals surface area (Å²) in [5.74, 6) is 4.45. The quantitative estimate of drug-likeness (QED) is 0.399. The fourth-order valence-electron chi connectivity index (χ4n) is 2.30. The Morgan fingerprint density at radius 3 is 2.36 bits per heavy atom. The summed E-state index contributed by atoms with van der Waals surface area (Å²) in [5.41, 5.74) is 2.23. The van der Waals surface area contributed by atoms with Gasteiger partial charge in [-0.3, -0.25) is 15.2 Å². The van der Waals surface area contributed by atoms with Crippen LogP contribution in [0.2, 0.25) is 0 Å². The van der Waals surface area contributed by atoms with Crippen molar-refractivity contribution in [2.24, 2.45) is 5.84 Å². The van der Waals surface area contributed by atoms with Gasteiger partial charge in [0, 0.05) is 29.6 Å². The van der Waals surface area contributed by atoms with Gasteiger partial charge in [0.15, 0.2) is 0 Å². The zero-order valence-corrected chi connectivity index (χ0v) is 14.4. The molecule has 11 heteroatoms. The number of hydrazine groups is 1. The first-order valence-corrected chi connectivity index (χ1v) is 7.76. The van der Waals surface area contributed by atoms with E-state index in [9.17, 15) is 18.0 Å². The Labute approximate surface area is 156 Å². The molecule has 3 aromatic rings. The number of methoxy groups -OCH3 is 1. The lowest BCUT2D eigenvalue weighted by Crippen LogP contribution is -2.31. The summed E-state index contributed by atoms with van der Waals surface area (Å²) in [4.78, 5) is 27.5. The fourth-order valence-corrected chi connectivity index (χ4v) is 2.30. The molecule has 0 bridgehead atoms. The van der Waals surface area contributed by atoms with Crippen LogP contribution < -0.4 is 16.0 Å². The van der Waals surface area contributed by atoms with Crippen molar-refractivity contribution in [1.82, 2.24) is 25.4 Å². The normalized spacial score (nSPS) is 11.2. The van der Waals surface area contributed by atoms with Crippen molar-refractivity contribution < 1.29 is 22.7 Å². The molecule has 0 fully saturated rings. The first kappa shape index (κ1) is 19.2. The van der Waals surface area contributed by atoms with Gasteiger partial charge in [0.05, 0.1) is 18.5 Å². The Morgan fingerprint density at radius 1 is 1.07 bits per heavy atom. The predicted molar refractivity (Wildman–Crippen MR) is 91.7 cm³/mol. The van der Waals surface area contributed by atoms with Crippen LogP contribution in [0.25, 0.3) is 22.5 Å². The molecule has 1 amide bonds. The molecule has 3 rings (SSSR count). The average Bonchev–Trinajstić information content (AvgIpc) is 2.72. The van der Waals surface area contributed by atoms with Gasteiger partial charge in [-0.15, -0.1) is 0 Å². The van der Waals surface area contributed by atoms with E-state index in [0.717, 1.165) is 12.3 Å². The maximum Gasteiger partial charge on any atom is 0.433 e. The number of nitrogens with zero attached hydrogens (tertiary/aromatic N) is 4. The lowest BCUT2D eigenvalue weighted by atomic mass is 10.1. The summed E-state index contributed by atoms with van der Waals surface area (Å²) >= 11 is 0. The monoisotopic (exact) mass is 390 g/mol. The minimum atomic E-state index is -4.56. The van der Waals surface area contributed by atoms with Crippen LogP contribution in [0.3, 0.4) is 0 Å². The molecule has 0 aliphatic heterocycles.